The van der Waals surface area contributed by atoms with Crippen molar-refractivity contribution in [2.45, 2.75) is 75.9 Å². The number of nitrogens with zero attached hydrogens (tertiary/aromatic N) is 1. The van der Waals surface area contributed by atoms with Crippen LogP contribution in [0.2, 0.25) is 5.02 Å². The highest BCUT2D eigenvalue weighted by molar-refractivity contribution is 7.89. The molecular weight excluding hydrogens is 710 g/mol. The summed E-state index contributed by atoms with van der Waals surface area (Å²) in [7, 11) is -3.70. The van der Waals surface area contributed by atoms with E-state index in [-0.39, 0.29) is 22.9 Å². The van der Waals surface area contributed by atoms with E-state index in [0.29, 0.717) is 71.5 Å². The Morgan fingerprint density at radius 2 is 1.60 bits per heavy atom. The highest BCUT2D eigenvalue weighted by atomic mass is 35.5. The summed E-state index contributed by atoms with van der Waals surface area (Å²) < 4.78 is 48.8. The topological polar surface area (TPSA) is 102 Å². The number of ether oxygens (including phenoxy) is 3. The van der Waals surface area contributed by atoms with Gasteiger partial charge in [-0.3, -0.25) is 0 Å². The number of rotatable bonds is 11. The molecule has 1 spiro atoms. The van der Waals surface area contributed by atoms with Crippen LogP contribution in [0, 0.1) is 11.3 Å². The Bertz CT molecular complexity index is 2020. The Morgan fingerprint density at radius 3 is 2.21 bits per heavy atom. The minimum absolute atomic E-state index is 0.0829. The van der Waals surface area contributed by atoms with Crippen LogP contribution in [0.15, 0.2) is 114 Å². The van der Waals surface area contributed by atoms with Gasteiger partial charge in [0.1, 0.15) is 17.2 Å². The second kappa shape index (κ2) is 15.7. The Balaban J connectivity index is 1.33. The Hall–Kier alpha value is -4.15. The van der Waals surface area contributed by atoms with Crippen LogP contribution in [0.25, 0.3) is 0 Å². The molecule has 2 aliphatic rings. The molecule has 0 aliphatic carbocycles. The zero-order valence-corrected chi connectivity index (χ0v) is 32.3. The summed E-state index contributed by atoms with van der Waals surface area (Å²) >= 11 is 6.10. The van der Waals surface area contributed by atoms with E-state index in [4.69, 9.17) is 25.8 Å². The molecule has 10 heteroatoms. The first-order valence-electron chi connectivity index (χ1n) is 18.0. The van der Waals surface area contributed by atoms with E-state index in [1.54, 1.807) is 52.8 Å². The normalized spacial score (nSPS) is 20.5. The van der Waals surface area contributed by atoms with Crippen molar-refractivity contribution in [2.75, 3.05) is 19.7 Å². The lowest BCUT2D eigenvalue weighted by Gasteiger charge is -2.53. The van der Waals surface area contributed by atoms with Gasteiger partial charge < -0.3 is 19.3 Å². The van der Waals surface area contributed by atoms with Gasteiger partial charge in [0.25, 0.3) is 0 Å². The second-order valence-electron chi connectivity index (χ2n) is 15.4. The highest BCUT2D eigenvalue weighted by Gasteiger charge is 2.52. The van der Waals surface area contributed by atoms with E-state index in [9.17, 15) is 18.3 Å². The maximum absolute atomic E-state index is 13.9. The number of carboxylic acids is 1. The van der Waals surface area contributed by atoms with Gasteiger partial charge >= 0.3 is 5.97 Å². The van der Waals surface area contributed by atoms with Gasteiger partial charge in [-0.05, 0) is 104 Å². The number of carboxylic acid groups (broad SMARTS) is 1. The molecule has 2 saturated heterocycles. The monoisotopic (exact) mass is 757 g/mol. The minimum Gasteiger partial charge on any atom is -0.482 e. The SMILES string of the molecule is C=C(C)[C@@H]1CC2(CCN(S(=O)(=O)c3ccc(C(C)(C)C)cc3)CC2)[C@@H](Cc2ccccc2)O[C@H]1c1cc(Oc2ccc(Cl)cc2)ccc1OCC(=O)O. The number of halogens is 1. The van der Waals surface area contributed by atoms with Crippen molar-refractivity contribution in [3.63, 3.8) is 0 Å². The quantitative estimate of drug-likeness (QED) is 0.152. The molecule has 2 aliphatic heterocycles. The van der Waals surface area contributed by atoms with E-state index in [0.717, 1.165) is 16.7 Å². The van der Waals surface area contributed by atoms with Gasteiger partial charge in [0.2, 0.25) is 10.0 Å². The maximum atomic E-state index is 13.9. The van der Waals surface area contributed by atoms with Crippen LogP contribution in [0.3, 0.4) is 0 Å². The maximum Gasteiger partial charge on any atom is 0.341 e. The summed E-state index contributed by atoms with van der Waals surface area (Å²) in [4.78, 5) is 11.9. The fraction of sp³-hybridized carbons (Fsp3) is 0.372. The third kappa shape index (κ3) is 8.81. The lowest BCUT2D eigenvalue weighted by molar-refractivity contribution is -0.166. The summed E-state index contributed by atoms with van der Waals surface area (Å²) in [6.45, 7) is 12.9. The Labute approximate surface area is 318 Å². The summed E-state index contributed by atoms with van der Waals surface area (Å²) in [6.07, 6.45) is 1.74. The first-order valence-corrected chi connectivity index (χ1v) is 19.8. The molecule has 0 aromatic heterocycles. The Kier molecular flexibility index (Phi) is 11.4. The minimum atomic E-state index is -3.70. The molecular formula is C43H48ClNO7S. The average molecular weight is 758 g/mol. The molecule has 0 radical (unpaired) electrons. The predicted molar refractivity (Wildman–Crippen MR) is 207 cm³/mol. The van der Waals surface area contributed by atoms with Crippen molar-refractivity contribution in [3.05, 3.63) is 131 Å². The molecule has 0 unspecified atom stereocenters. The zero-order valence-electron chi connectivity index (χ0n) is 30.8. The number of carbonyl (C=O) groups is 1. The van der Waals surface area contributed by atoms with E-state index in [2.05, 4.69) is 39.5 Å². The third-order valence-corrected chi connectivity index (χ3v) is 12.8. The fourth-order valence-electron chi connectivity index (χ4n) is 7.60. The second-order valence-corrected chi connectivity index (χ2v) is 17.7. The molecule has 4 aromatic rings. The summed E-state index contributed by atoms with van der Waals surface area (Å²) in [5.41, 5.74) is 3.33. The smallest absolute Gasteiger partial charge is 0.341 e. The van der Waals surface area contributed by atoms with E-state index in [1.807, 2.05) is 43.3 Å². The number of hydrogen-bond donors (Lipinski definition) is 1. The van der Waals surface area contributed by atoms with Gasteiger partial charge in [-0.1, -0.05) is 87.0 Å². The van der Waals surface area contributed by atoms with Crippen LogP contribution in [0.5, 0.6) is 17.2 Å². The number of hydrogen-bond acceptors (Lipinski definition) is 6. The molecule has 2 heterocycles. The van der Waals surface area contributed by atoms with E-state index < -0.39 is 28.7 Å². The lowest BCUT2D eigenvalue weighted by Crippen LogP contribution is -2.53. The largest absolute Gasteiger partial charge is 0.482 e. The fourth-order valence-corrected chi connectivity index (χ4v) is 9.17. The van der Waals surface area contributed by atoms with Crippen LogP contribution < -0.4 is 9.47 Å². The van der Waals surface area contributed by atoms with Crippen LogP contribution in [0.1, 0.15) is 69.8 Å². The average Bonchev–Trinajstić information content (AvgIpc) is 3.13. The van der Waals surface area contributed by atoms with Crippen LogP contribution in [0.4, 0.5) is 0 Å². The lowest BCUT2D eigenvalue weighted by atomic mass is 9.63. The summed E-state index contributed by atoms with van der Waals surface area (Å²) in [5, 5.41) is 10.1. The number of piperidine rings is 1. The van der Waals surface area contributed by atoms with Crippen molar-refractivity contribution in [3.8, 4) is 17.2 Å². The number of sulfonamides is 1. The van der Waals surface area contributed by atoms with Gasteiger partial charge in [-0.2, -0.15) is 4.31 Å². The van der Waals surface area contributed by atoms with Crippen LogP contribution >= 0.6 is 11.6 Å². The standard InChI is InChI=1S/C43H48ClNO7S/c1-29(2)37-27-43(21-23-45(24-22-43)53(48,49)35-18-11-31(12-19-35)42(3,4)5)39(25-30-9-7-6-8-10-30)52-41(37)36-26-34(17-20-38(36)50-28-40(46)47)51-33-15-13-32(44)14-16-33/h6-20,26,37,39,41H,1,21-25,27-28H2,2-5H3,(H,46,47)/t37-,39+,41-/m0/s1. The van der Waals surface area contributed by atoms with Gasteiger partial charge in [0.05, 0.1) is 17.1 Å². The van der Waals surface area contributed by atoms with Gasteiger partial charge in [-0.15, -0.1) is 0 Å². The van der Waals surface area contributed by atoms with E-state index >= 15 is 0 Å². The van der Waals surface area contributed by atoms with Crippen molar-refractivity contribution in [1.29, 1.82) is 0 Å². The number of aliphatic carboxylic acids is 1. The molecule has 0 bridgehead atoms. The molecule has 0 saturated carbocycles. The van der Waals surface area contributed by atoms with Crippen LogP contribution in [-0.2, 0) is 31.4 Å². The number of benzene rings is 4. The zero-order chi connectivity index (χ0) is 38.0. The van der Waals surface area contributed by atoms with Crippen LogP contribution in [-0.4, -0.2) is 49.6 Å². The first kappa shape index (κ1) is 38.6. The molecule has 3 atom stereocenters. The van der Waals surface area contributed by atoms with Crippen molar-refractivity contribution in [2.24, 2.45) is 11.3 Å². The summed E-state index contributed by atoms with van der Waals surface area (Å²) in [6, 6.07) is 29.8. The Morgan fingerprint density at radius 1 is 0.962 bits per heavy atom. The first-order chi connectivity index (χ1) is 25.1. The molecule has 280 valence electrons. The predicted octanol–water partition coefficient (Wildman–Crippen LogP) is 9.63. The molecule has 4 aromatic carbocycles. The van der Waals surface area contributed by atoms with Crippen molar-refractivity contribution < 1.29 is 32.5 Å². The molecule has 1 N–H and O–H groups in total. The highest BCUT2D eigenvalue weighted by Crippen LogP contribution is 2.55. The molecule has 0 amide bonds. The molecule has 2 fully saturated rings. The molecule has 6 rings (SSSR count). The van der Waals surface area contributed by atoms with Gasteiger partial charge in [0.15, 0.2) is 6.61 Å². The van der Waals surface area contributed by atoms with E-state index in [1.165, 1.54) is 0 Å². The van der Waals surface area contributed by atoms with Crippen molar-refractivity contribution in [1.82, 2.24) is 4.31 Å². The van der Waals surface area contributed by atoms with Gasteiger partial charge in [-0.25, -0.2) is 13.2 Å². The van der Waals surface area contributed by atoms with Gasteiger partial charge in [0, 0.05) is 35.0 Å². The van der Waals surface area contributed by atoms with Crippen molar-refractivity contribution >= 4 is 27.6 Å². The molecule has 8 nitrogen and oxygen atoms in total. The third-order valence-electron chi connectivity index (χ3n) is 10.6. The summed E-state index contributed by atoms with van der Waals surface area (Å²) in [5.74, 6) is 0.246. The molecule has 53 heavy (non-hydrogen) atoms.